The maximum atomic E-state index is 13.0. The van der Waals surface area contributed by atoms with Gasteiger partial charge in [-0.3, -0.25) is 0 Å². The molecule has 0 saturated heterocycles. The Balaban J connectivity index is 5.00. The maximum Gasteiger partial charge on any atom is 0.429 e. The number of hydrogen-bond acceptors (Lipinski definition) is 2. The van der Waals surface area contributed by atoms with Crippen LogP contribution in [-0.4, -0.2) is 10.9 Å². The fraction of sp³-hybridized carbons (Fsp3) is 0.625. The first kappa shape index (κ1) is 13.3. The summed E-state index contributed by atoms with van der Waals surface area (Å²) in [5.41, 5.74) is -1.77. The summed E-state index contributed by atoms with van der Waals surface area (Å²) in [4.78, 5) is 0. The first-order valence-corrected chi connectivity index (χ1v) is 4.45. The third-order valence-corrected chi connectivity index (χ3v) is 1.98. The number of nitrogens with zero attached hydrogens (tertiary/aromatic N) is 1. The van der Waals surface area contributed by atoms with Crippen LogP contribution < -0.4 is 0 Å². The third-order valence-electron chi connectivity index (χ3n) is 0.988. The van der Waals surface area contributed by atoms with Crippen molar-refractivity contribution in [2.24, 2.45) is 0 Å². The fourth-order valence-corrected chi connectivity index (χ4v) is 1.34. The lowest BCUT2D eigenvalue weighted by Crippen LogP contribution is -2.14. The van der Waals surface area contributed by atoms with Crippen LogP contribution in [0, 0.1) is 11.3 Å². The van der Waals surface area contributed by atoms with E-state index < -0.39 is 21.7 Å². The van der Waals surface area contributed by atoms with Gasteiger partial charge in [-0.15, -0.1) is 0 Å². The molecular formula is C8H9F4NS. The van der Waals surface area contributed by atoms with Gasteiger partial charge in [-0.1, -0.05) is 32.5 Å². The zero-order chi connectivity index (χ0) is 11.6. The summed E-state index contributed by atoms with van der Waals surface area (Å²) in [6, 6.07) is 0.823. The van der Waals surface area contributed by atoms with Crippen molar-refractivity contribution in [2.75, 3.05) is 0 Å². The average Bonchev–Trinajstić information content (AvgIpc) is 1.79. The highest BCUT2D eigenvalue weighted by atomic mass is 32.2. The average molecular weight is 227 g/mol. The second-order valence-corrected chi connectivity index (χ2v) is 5.26. The zero-order valence-electron chi connectivity index (χ0n) is 7.87. The van der Waals surface area contributed by atoms with E-state index in [2.05, 4.69) is 0 Å². The smallest absolute Gasteiger partial charge is 0.198 e. The SMILES string of the molecule is CC(C)(C)S/C(F)=C(\C#N)C(F)(F)F. The highest BCUT2D eigenvalue weighted by Crippen LogP contribution is 2.38. The number of thioether (sulfide) groups is 1. The van der Waals surface area contributed by atoms with E-state index in [-0.39, 0.29) is 0 Å². The van der Waals surface area contributed by atoms with E-state index in [1.807, 2.05) is 0 Å². The molecule has 0 bridgehead atoms. The molecule has 0 saturated carbocycles. The van der Waals surface area contributed by atoms with Crippen molar-refractivity contribution in [1.29, 1.82) is 5.26 Å². The molecule has 0 aliphatic heterocycles. The summed E-state index contributed by atoms with van der Waals surface area (Å²) in [5.74, 6) is 0. The van der Waals surface area contributed by atoms with Crippen LogP contribution in [0.3, 0.4) is 0 Å². The van der Waals surface area contributed by atoms with Crippen LogP contribution in [0.4, 0.5) is 17.6 Å². The van der Waals surface area contributed by atoms with Gasteiger partial charge in [-0.25, -0.2) is 0 Å². The number of allylic oxidation sites excluding steroid dienone is 1. The Hall–Kier alpha value is -0.700. The third kappa shape index (κ3) is 4.51. The molecule has 0 N–H and O–H groups in total. The molecule has 0 fully saturated rings. The molecule has 0 rings (SSSR count). The predicted molar refractivity (Wildman–Crippen MR) is 47.1 cm³/mol. The van der Waals surface area contributed by atoms with Gasteiger partial charge in [-0.05, 0) is 0 Å². The molecule has 0 spiro atoms. The maximum absolute atomic E-state index is 13.0. The highest BCUT2D eigenvalue weighted by molar-refractivity contribution is 8.04. The minimum absolute atomic E-state index is 0.387. The van der Waals surface area contributed by atoms with Gasteiger partial charge in [0.25, 0.3) is 0 Å². The van der Waals surface area contributed by atoms with Gasteiger partial charge in [0, 0.05) is 4.75 Å². The number of hydrogen-bond donors (Lipinski definition) is 0. The van der Waals surface area contributed by atoms with Gasteiger partial charge in [0.1, 0.15) is 6.07 Å². The van der Waals surface area contributed by atoms with E-state index in [0.717, 1.165) is 6.07 Å². The molecule has 0 aromatic rings. The second kappa shape index (κ2) is 4.22. The first-order valence-electron chi connectivity index (χ1n) is 3.64. The van der Waals surface area contributed by atoms with Crippen LogP contribution in [0.5, 0.6) is 0 Å². The fourth-order valence-electron chi connectivity index (χ4n) is 0.539. The second-order valence-electron chi connectivity index (χ2n) is 3.47. The van der Waals surface area contributed by atoms with Crippen molar-refractivity contribution in [2.45, 2.75) is 31.7 Å². The summed E-state index contributed by atoms with van der Waals surface area (Å²) < 4.78 is 48.3. The van der Waals surface area contributed by atoms with Crippen molar-refractivity contribution in [3.8, 4) is 6.07 Å². The van der Waals surface area contributed by atoms with Gasteiger partial charge in [0.2, 0.25) is 0 Å². The lowest BCUT2D eigenvalue weighted by Gasteiger charge is -2.16. The standard InChI is InChI=1S/C8H9F4NS/c1-7(2,3)14-6(9)5(4-13)8(10,11)12/h1-3H3/b6-5+. The van der Waals surface area contributed by atoms with Gasteiger partial charge in [0.05, 0.1) is 0 Å². The van der Waals surface area contributed by atoms with Crippen LogP contribution in [0.2, 0.25) is 0 Å². The predicted octanol–water partition coefficient (Wildman–Crippen LogP) is 3.79. The molecule has 0 aliphatic rings. The molecule has 0 atom stereocenters. The van der Waals surface area contributed by atoms with Gasteiger partial charge < -0.3 is 0 Å². The van der Waals surface area contributed by atoms with Gasteiger partial charge in [-0.2, -0.15) is 22.8 Å². The topological polar surface area (TPSA) is 23.8 Å². The first-order chi connectivity index (χ1) is 6.08. The van der Waals surface area contributed by atoms with Crippen LogP contribution in [0.1, 0.15) is 20.8 Å². The van der Waals surface area contributed by atoms with Crippen molar-refractivity contribution in [1.82, 2.24) is 0 Å². The Morgan fingerprint density at radius 3 is 1.86 bits per heavy atom. The molecular weight excluding hydrogens is 218 g/mol. The molecule has 0 aromatic heterocycles. The molecule has 14 heavy (non-hydrogen) atoms. The van der Waals surface area contributed by atoms with E-state index in [1.54, 1.807) is 20.8 Å². The summed E-state index contributed by atoms with van der Waals surface area (Å²) >= 11 is 0.387. The molecule has 0 amide bonds. The van der Waals surface area contributed by atoms with E-state index in [1.165, 1.54) is 0 Å². The Labute approximate surface area is 83.8 Å². The Morgan fingerprint density at radius 2 is 1.64 bits per heavy atom. The molecule has 80 valence electrons. The van der Waals surface area contributed by atoms with Crippen LogP contribution in [-0.2, 0) is 0 Å². The Morgan fingerprint density at radius 1 is 1.21 bits per heavy atom. The summed E-state index contributed by atoms with van der Waals surface area (Å²) in [6.45, 7) is 4.67. The van der Waals surface area contributed by atoms with Crippen molar-refractivity contribution in [3.05, 3.63) is 10.7 Å². The number of halogens is 4. The lowest BCUT2D eigenvalue weighted by molar-refractivity contribution is -0.0885. The number of rotatable bonds is 1. The van der Waals surface area contributed by atoms with Gasteiger partial charge >= 0.3 is 6.18 Å². The van der Waals surface area contributed by atoms with Crippen LogP contribution in [0.15, 0.2) is 10.7 Å². The minimum atomic E-state index is -4.92. The van der Waals surface area contributed by atoms with E-state index in [0.29, 0.717) is 11.8 Å². The zero-order valence-corrected chi connectivity index (χ0v) is 8.68. The van der Waals surface area contributed by atoms with Crippen molar-refractivity contribution >= 4 is 11.8 Å². The highest BCUT2D eigenvalue weighted by Gasteiger charge is 2.38. The molecule has 0 radical (unpaired) electrons. The van der Waals surface area contributed by atoms with Crippen LogP contribution >= 0.6 is 11.8 Å². The molecule has 0 unspecified atom stereocenters. The molecule has 0 aliphatic carbocycles. The molecule has 0 heterocycles. The monoisotopic (exact) mass is 227 g/mol. The molecule has 6 heteroatoms. The molecule has 1 nitrogen and oxygen atoms in total. The largest absolute Gasteiger partial charge is 0.429 e. The Kier molecular flexibility index (Phi) is 4.01. The van der Waals surface area contributed by atoms with E-state index in [4.69, 9.17) is 5.26 Å². The quantitative estimate of drug-likeness (QED) is 0.502. The Bertz CT molecular complexity index is 279. The summed E-state index contributed by atoms with van der Waals surface area (Å²) in [5, 5.41) is 6.67. The minimum Gasteiger partial charge on any atom is -0.198 e. The van der Waals surface area contributed by atoms with Gasteiger partial charge in [0.15, 0.2) is 10.7 Å². The summed E-state index contributed by atoms with van der Waals surface area (Å²) in [7, 11) is 0. The normalized spacial score (nSPS) is 14.7. The summed E-state index contributed by atoms with van der Waals surface area (Å²) in [6.07, 6.45) is -4.92. The lowest BCUT2D eigenvalue weighted by atomic mass is 10.3. The molecule has 0 aromatic carbocycles. The van der Waals surface area contributed by atoms with E-state index >= 15 is 0 Å². The number of alkyl halides is 3. The van der Waals surface area contributed by atoms with Crippen molar-refractivity contribution in [3.63, 3.8) is 0 Å². The number of nitriles is 1. The van der Waals surface area contributed by atoms with Crippen LogP contribution in [0.25, 0.3) is 0 Å². The van der Waals surface area contributed by atoms with Crippen molar-refractivity contribution < 1.29 is 17.6 Å². The van der Waals surface area contributed by atoms with E-state index in [9.17, 15) is 17.6 Å².